The van der Waals surface area contributed by atoms with Crippen LogP contribution in [0.5, 0.6) is 11.5 Å². The summed E-state index contributed by atoms with van der Waals surface area (Å²) in [6.07, 6.45) is 3.24. The van der Waals surface area contributed by atoms with Gasteiger partial charge in [-0.15, -0.1) is 10.2 Å². The fourth-order valence-electron chi connectivity index (χ4n) is 3.52. The molecule has 0 saturated carbocycles. The van der Waals surface area contributed by atoms with Gasteiger partial charge in [0.15, 0.2) is 11.5 Å². The molecule has 1 saturated heterocycles. The molecule has 0 N–H and O–H groups in total. The highest BCUT2D eigenvalue weighted by molar-refractivity contribution is 5.76. The third-order valence-electron chi connectivity index (χ3n) is 4.85. The van der Waals surface area contributed by atoms with Crippen LogP contribution in [0.2, 0.25) is 0 Å². The second-order valence-corrected chi connectivity index (χ2v) is 6.64. The molecule has 140 valence electrons. The van der Waals surface area contributed by atoms with E-state index in [1.165, 1.54) is 4.80 Å². The number of likely N-dealkylation sites (tertiary alicyclic amines) is 1. The highest BCUT2D eigenvalue weighted by Crippen LogP contribution is 2.30. The van der Waals surface area contributed by atoms with E-state index in [9.17, 15) is 4.79 Å². The van der Waals surface area contributed by atoms with E-state index in [4.69, 9.17) is 9.47 Å². The van der Waals surface area contributed by atoms with Crippen LogP contribution >= 0.6 is 0 Å². The van der Waals surface area contributed by atoms with Crippen molar-refractivity contribution >= 4 is 5.91 Å². The molecule has 1 aromatic carbocycles. The summed E-state index contributed by atoms with van der Waals surface area (Å²) in [5.41, 5.74) is 0.751. The summed E-state index contributed by atoms with van der Waals surface area (Å²) in [6, 6.07) is 5.91. The minimum atomic E-state index is 0.0287. The van der Waals surface area contributed by atoms with Gasteiger partial charge in [0.1, 0.15) is 6.54 Å². The third kappa shape index (κ3) is 3.63. The molecule has 1 aliphatic heterocycles. The molecule has 8 heteroatoms. The smallest absolute Gasteiger partial charge is 0.246 e. The van der Waals surface area contributed by atoms with E-state index in [-0.39, 0.29) is 24.5 Å². The molecular weight excluding hydrogens is 334 g/mol. The van der Waals surface area contributed by atoms with Crippen molar-refractivity contribution in [1.82, 2.24) is 25.1 Å². The highest BCUT2D eigenvalue weighted by Gasteiger charge is 2.29. The zero-order valence-electron chi connectivity index (χ0n) is 15.7. The van der Waals surface area contributed by atoms with Gasteiger partial charge in [-0.3, -0.25) is 4.79 Å². The maximum atomic E-state index is 12.7. The van der Waals surface area contributed by atoms with Crippen molar-refractivity contribution in [3.05, 3.63) is 18.2 Å². The predicted octanol–water partition coefficient (Wildman–Crippen LogP) is 2.15. The molecule has 2 atom stereocenters. The zero-order valence-corrected chi connectivity index (χ0v) is 15.7. The summed E-state index contributed by atoms with van der Waals surface area (Å²) in [6.45, 7) is 4.28. The van der Waals surface area contributed by atoms with E-state index in [0.717, 1.165) is 24.8 Å². The molecule has 1 amide bonds. The number of methoxy groups -OCH3 is 2. The number of amides is 1. The second kappa shape index (κ2) is 7.72. The molecular formula is C18H25N5O3. The van der Waals surface area contributed by atoms with Crippen molar-refractivity contribution in [2.75, 3.05) is 14.2 Å². The number of piperidine rings is 1. The van der Waals surface area contributed by atoms with Crippen LogP contribution in [0.4, 0.5) is 0 Å². The SMILES string of the molecule is COc1ccc(-c2nnn(CC(=O)N3C(C)CCCC3C)n2)cc1OC. The Morgan fingerprint density at radius 1 is 1.15 bits per heavy atom. The van der Waals surface area contributed by atoms with Gasteiger partial charge in [0, 0.05) is 17.6 Å². The van der Waals surface area contributed by atoms with Gasteiger partial charge in [-0.25, -0.2) is 0 Å². The largest absolute Gasteiger partial charge is 0.493 e. The van der Waals surface area contributed by atoms with E-state index in [0.29, 0.717) is 17.3 Å². The van der Waals surface area contributed by atoms with E-state index in [1.807, 2.05) is 11.0 Å². The molecule has 26 heavy (non-hydrogen) atoms. The number of aromatic nitrogens is 4. The lowest BCUT2D eigenvalue weighted by molar-refractivity contribution is -0.138. The van der Waals surface area contributed by atoms with Gasteiger partial charge in [0.05, 0.1) is 14.2 Å². The zero-order chi connectivity index (χ0) is 18.7. The van der Waals surface area contributed by atoms with Gasteiger partial charge in [-0.2, -0.15) is 4.80 Å². The number of hydrogen-bond acceptors (Lipinski definition) is 6. The van der Waals surface area contributed by atoms with Crippen molar-refractivity contribution in [2.45, 2.75) is 51.7 Å². The fraction of sp³-hybridized carbons (Fsp3) is 0.556. The predicted molar refractivity (Wildman–Crippen MR) is 96.0 cm³/mol. The number of carbonyl (C=O) groups excluding carboxylic acids is 1. The number of hydrogen-bond donors (Lipinski definition) is 0. The van der Waals surface area contributed by atoms with Gasteiger partial charge in [0.2, 0.25) is 11.7 Å². The third-order valence-corrected chi connectivity index (χ3v) is 4.85. The quantitative estimate of drug-likeness (QED) is 0.813. The monoisotopic (exact) mass is 359 g/mol. The molecule has 1 aliphatic rings. The van der Waals surface area contributed by atoms with Crippen LogP contribution in [-0.4, -0.2) is 57.3 Å². The molecule has 0 radical (unpaired) electrons. The van der Waals surface area contributed by atoms with Gasteiger partial charge in [-0.1, -0.05) is 0 Å². The minimum Gasteiger partial charge on any atom is -0.493 e. The maximum absolute atomic E-state index is 12.7. The van der Waals surface area contributed by atoms with Crippen LogP contribution in [0.15, 0.2) is 18.2 Å². The lowest BCUT2D eigenvalue weighted by Gasteiger charge is -2.38. The second-order valence-electron chi connectivity index (χ2n) is 6.64. The standard InChI is InChI=1S/C18H25N5O3/c1-12-6-5-7-13(2)23(12)17(24)11-22-20-18(19-21-22)14-8-9-15(25-3)16(10-14)26-4/h8-10,12-13H,5-7,11H2,1-4H3. The van der Waals surface area contributed by atoms with Crippen LogP contribution in [0.25, 0.3) is 11.4 Å². The summed E-state index contributed by atoms with van der Waals surface area (Å²) < 4.78 is 10.5. The molecule has 2 aromatic rings. The van der Waals surface area contributed by atoms with E-state index in [1.54, 1.807) is 26.4 Å². The first-order chi connectivity index (χ1) is 12.5. The normalized spacial score (nSPS) is 20.1. The summed E-state index contributed by atoms with van der Waals surface area (Å²) in [4.78, 5) is 16.0. The topological polar surface area (TPSA) is 82.4 Å². The Kier molecular flexibility index (Phi) is 5.39. The molecule has 2 unspecified atom stereocenters. The molecule has 0 spiro atoms. The summed E-state index contributed by atoms with van der Waals surface area (Å²) >= 11 is 0. The van der Waals surface area contributed by atoms with Gasteiger partial charge in [-0.05, 0) is 56.5 Å². The average molecular weight is 359 g/mol. The lowest BCUT2D eigenvalue weighted by atomic mass is 9.97. The van der Waals surface area contributed by atoms with E-state index < -0.39 is 0 Å². The van der Waals surface area contributed by atoms with Crippen LogP contribution in [0, 0.1) is 0 Å². The first kappa shape index (κ1) is 18.2. The fourth-order valence-corrected chi connectivity index (χ4v) is 3.52. The Balaban J connectivity index is 1.75. The molecule has 2 heterocycles. The first-order valence-electron chi connectivity index (χ1n) is 8.85. The average Bonchev–Trinajstić information content (AvgIpc) is 3.09. The Hall–Kier alpha value is -2.64. The molecule has 3 rings (SSSR count). The first-order valence-corrected chi connectivity index (χ1v) is 8.85. The van der Waals surface area contributed by atoms with Crippen molar-refractivity contribution in [3.8, 4) is 22.9 Å². The van der Waals surface area contributed by atoms with Crippen LogP contribution < -0.4 is 9.47 Å². The van der Waals surface area contributed by atoms with Crippen molar-refractivity contribution in [2.24, 2.45) is 0 Å². The summed E-state index contributed by atoms with van der Waals surface area (Å²) in [5, 5.41) is 12.4. The van der Waals surface area contributed by atoms with Crippen LogP contribution in [0.3, 0.4) is 0 Å². The number of rotatable bonds is 5. The van der Waals surface area contributed by atoms with Gasteiger partial charge in [0.25, 0.3) is 0 Å². The Morgan fingerprint density at radius 2 is 1.85 bits per heavy atom. The summed E-state index contributed by atoms with van der Waals surface area (Å²) in [5.74, 6) is 1.69. The Bertz CT molecular complexity index is 766. The van der Waals surface area contributed by atoms with Crippen molar-refractivity contribution in [1.29, 1.82) is 0 Å². The molecule has 0 bridgehead atoms. The molecule has 8 nitrogen and oxygen atoms in total. The number of nitrogens with zero attached hydrogens (tertiary/aromatic N) is 5. The minimum absolute atomic E-state index is 0.0287. The van der Waals surface area contributed by atoms with Gasteiger partial charge < -0.3 is 14.4 Å². The van der Waals surface area contributed by atoms with Crippen LogP contribution in [0.1, 0.15) is 33.1 Å². The number of tetrazole rings is 1. The summed E-state index contributed by atoms with van der Waals surface area (Å²) in [7, 11) is 3.16. The van der Waals surface area contributed by atoms with E-state index >= 15 is 0 Å². The number of carbonyl (C=O) groups is 1. The van der Waals surface area contributed by atoms with Crippen molar-refractivity contribution in [3.63, 3.8) is 0 Å². The Labute approximate surface area is 153 Å². The lowest BCUT2D eigenvalue weighted by Crippen LogP contribution is -2.48. The number of benzene rings is 1. The molecule has 0 aliphatic carbocycles. The Morgan fingerprint density at radius 3 is 2.50 bits per heavy atom. The van der Waals surface area contributed by atoms with Crippen molar-refractivity contribution < 1.29 is 14.3 Å². The molecule has 1 aromatic heterocycles. The maximum Gasteiger partial charge on any atom is 0.246 e. The number of ether oxygens (including phenoxy) is 2. The van der Waals surface area contributed by atoms with E-state index in [2.05, 4.69) is 29.3 Å². The molecule has 1 fully saturated rings. The highest BCUT2D eigenvalue weighted by atomic mass is 16.5. The van der Waals surface area contributed by atoms with Gasteiger partial charge >= 0.3 is 0 Å². The van der Waals surface area contributed by atoms with Crippen LogP contribution in [-0.2, 0) is 11.3 Å².